The summed E-state index contributed by atoms with van der Waals surface area (Å²) in [5.74, 6) is 0.109. The van der Waals surface area contributed by atoms with Crippen molar-refractivity contribution in [2.75, 3.05) is 5.32 Å². The van der Waals surface area contributed by atoms with Gasteiger partial charge in [0.05, 0.1) is 5.02 Å². The van der Waals surface area contributed by atoms with Crippen LogP contribution in [-0.4, -0.2) is 6.03 Å². The van der Waals surface area contributed by atoms with E-state index in [4.69, 9.17) is 11.6 Å². The molecule has 2 rings (SSSR count). The molecule has 1 aromatic rings. The fourth-order valence-corrected chi connectivity index (χ4v) is 1.76. The van der Waals surface area contributed by atoms with Crippen molar-refractivity contribution < 1.29 is 9.18 Å². The second-order valence-corrected chi connectivity index (χ2v) is 4.80. The number of anilines is 1. The van der Waals surface area contributed by atoms with Gasteiger partial charge in [-0.15, -0.1) is 0 Å². The van der Waals surface area contributed by atoms with Gasteiger partial charge in [0, 0.05) is 11.9 Å². The Hall–Kier alpha value is -1.55. The van der Waals surface area contributed by atoms with Gasteiger partial charge in [-0.2, -0.15) is 0 Å². The number of urea groups is 1. The first kappa shape index (κ1) is 12.9. The van der Waals surface area contributed by atoms with Crippen LogP contribution in [0.1, 0.15) is 19.8 Å². The van der Waals surface area contributed by atoms with Crippen molar-refractivity contribution in [3.05, 3.63) is 40.8 Å². The SMILES string of the molecule is C/C(=C\NC(=O)Nc1ccc(F)c(Cl)c1)C1CC1. The van der Waals surface area contributed by atoms with E-state index in [1.54, 1.807) is 6.20 Å². The number of halogens is 2. The Labute approximate surface area is 110 Å². The van der Waals surface area contributed by atoms with Gasteiger partial charge in [0.1, 0.15) is 5.82 Å². The lowest BCUT2D eigenvalue weighted by Crippen LogP contribution is -2.24. The average molecular weight is 269 g/mol. The molecule has 0 heterocycles. The molecule has 1 fully saturated rings. The smallest absolute Gasteiger partial charge is 0.314 e. The number of nitrogens with one attached hydrogen (secondary N) is 2. The molecule has 0 atom stereocenters. The highest BCUT2D eigenvalue weighted by Crippen LogP contribution is 2.35. The van der Waals surface area contributed by atoms with E-state index in [1.807, 2.05) is 6.92 Å². The van der Waals surface area contributed by atoms with Crippen LogP contribution in [0.15, 0.2) is 30.0 Å². The van der Waals surface area contributed by atoms with Gasteiger partial charge in [-0.05, 0) is 43.9 Å². The predicted molar refractivity (Wildman–Crippen MR) is 70.0 cm³/mol. The average Bonchev–Trinajstić information content (AvgIpc) is 3.15. The van der Waals surface area contributed by atoms with Crippen molar-refractivity contribution in [1.29, 1.82) is 0 Å². The van der Waals surface area contributed by atoms with E-state index < -0.39 is 5.82 Å². The number of rotatable bonds is 3. The normalized spacial score (nSPS) is 15.4. The summed E-state index contributed by atoms with van der Waals surface area (Å²) in [6.45, 7) is 1.99. The topological polar surface area (TPSA) is 41.1 Å². The molecule has 2 amide bonds. The molecule has 0 saturated heterocycles. The summed E-state index contributed by atoms with van der Waals surface area (Å²) in [4.78, 5) is 11.6. The minimum absolute atomic E-state index is 0.0162. The maximum atomic E-state index is 12.9. The van der Waals surface area contributed by atoms with Crippen LogP contribution in [0.25, 0.3) is 0 Å². The summed E-state index contributed by atoms with van der Waals surface area (Å²) in [5.41, 5.74) is 1.62. The summed E-state index contributed by atoms with van der Waals surface area (Å²) in [5, 5.41) is 5.20. The van der Waals surface area contributed by atoms with Crippen LogP contribution < -0.4 is 10.6 Å². The van der Waals surface area contributed by atoms with E-state index in [2.05, 4.69) is 10.6 Å². The van der Waals surface area contributed by atoms with Crippen molar-refractivity contribution in [1.82, 2.24) is 5.32 Å². The van der Waals surface area contributed by atoms with Gasteiger partial charge >= 0.3 is 6.03 Å². The van der Waals surface area contributed by atoms with Crippen molar-refractivity contribution >= 4 is 23.3 Å². The van der Waals surface area contributed by atoms with Crippen LogP contribution in [0.2, 0.25) is 5.02 Å². The van der Waals surface area contributed by atoms with Gasteiger partial charge < -0.3 is 10.6 Å². The molecule has 1 aliphatic carbocycles. The second-order valence-electron chi connectivity index (χ2n) is 4.39. The number of hydrogen-bond acceptors (Lipinski definition) is 1. The van der Waals surface area contributed by atoms with E-state index in [-0.39, 0.29) is 11.1 Å². The first-order chi connectivity index (χ1) is 8.56. The molecule has 0 radical (unpaired) electrons. The number of carbonyl (C=O) groups excluding carboxylic acids is 1. The molecule has 0 spiro atoms. The van der Waals surface area contributed by atoms with E-state index in [0.717, 1.165) is 0 Å². The summed E-state index contributed by atoms with van der Waals surface area (Å²) >= 11 is 5.62. The van der Waals surface area contributed by atoms with E-state index in [1.165, 1.54) is 36.6 Å². The lowest BCUT2D eigenvalue weighted by Gasteiger charge is -2.06. The monoisotopic (exact) mass is 268 g/mol. The Kier molecular flexibility index (Phi) is 3.87. The summed E-state index contributed by atoms with van der Waals surface area (Å²) < 4.78 is 12.9. The Morgan fingerprint density at radius 1 is 1.50 bits per heavy atom. The van der Waals surface area contributed by atoms with Crippen LogP contribution >= 0.6 is 11.6 Å². The van der Waals surface area contributed by atoms with Crippen LogP contribution in [-0.2, 0) is 0 Å². The third-order valence-corrected chi connectivity index (χ3v) is 3.12. The molecule has 0 aliphatic heterocycles. The van der Waals surface area contributed by atoms with E-state index in [0.29, 0.717) is 11.6 Å². The number of hydrogen-bond donors (Lipinski definition) is 2. The quantitative estimate of drug-likeness (QED) is 0.857. The zero-order chi connectivity index (χ0) is 13.1. The lowest BCUT2D eigenvalue weighted by molar-refractivity contribution is 0.255. The standard InChI is InChI=1S/C13H14ClFN2O/c1-8(9-2-3-9)7-16-13(18)17-10-4-5-12(15)11(14)6-10/h4-7,9H,2-3H2,1H3,(H2,16,17,18)/b8-7+. The molecule has 1 aromatic carbocycles. The first-order valence-electron chi connectivity index (χ1n) is 5.75. The van der Waals surface area contributed by atoms with Crippen LogP contribution in [0, 0.1) is 11.7 Å². The number of benzene rings is 1. The van der Waals surface area contributed by atoms with Crippen LogP contribution in [0.3, 0.4) is 0 Å². The molecule has 0 unspecified atom stereocenters. The molecular formula is C13H14ClFN2O. The van der Waals surface area contributed by atoms with Crippen molar-refractivity contribution in [2.24, 2.45) is 5.92 Å². The molecular weight excluding hydrogens is 255 g/mol. The summed E-state index contributed by atoms with van der Waals surface area (Å²) in [6.07, 6.45) is 4.09. The van der Waals surface area contributed by atoms with Crippen molar-refractivity contribution in [3.63, 3.8) is 0 Å². The van der Waals surface area contributed by atoms with Gasteiger partial charge in [-0.3, -0.25) is 0 Å². The van der Waals surface area contributed by atoms with E-state index in [9.17, 15) is 9.18 Å². The maximum absolute atomic E-state index is 12.9. The highest BCUT2D eigenvalue weighted by molar-refractivity contribution is 6.31. The van der Waals surface area contributed by atoms with Crippen molar-refractivity contribution in [2.45, 2.75) is 19.8 Å². The maximum Gasteiger partial charge on any atom is 0.323 e. The largest absolute Gasteiger partial charge is 0.323 e. The molecule has 2 N–H and O–H groups in total. The zero-order valence-corrected chi connectivity index (χ0v) is 10.7. The summed E-state index contributed by atoms with van der Waals surface area (Å²) in [6, 6.07) is 3.67. The molecule has 3 nitrogen and oxygen atoms in total. The Morgan fingerprint density at radius 2 is 2.22 bits per heavy atom. The Balaban J connectivity index is 1.90. The van der Waals surface area contributed by atoms with Gasteiger partial charge in [0.2, 0.25) is 0 Å². The van der Waals surface area contributed by atoms with Gasteiger partial charge in [-0.25, -0.2) is 9.18 Å². The molecule has 0 aromatic heterocycles. The Bertz CT molecular complexity index is 498. The highest BCUT2D eigenvalue weighted by Gasteiger charge is 2.22. The molecule has 1 aliphatic rings. The van der Waals surface area contributed by atoms with Gasteiger partial charge in [0.25, 0.3) is 0 Å². The van der Waals surface area contributed by atoms with E-state index >= 15 is 0 Å². The van der Waals surface area contributed by atoms with Gasteiger partial charge in [-0.1, -0.05) is 17.2 Å². The predicted octanol–water partition coefficient (Wildman–Crippen LogP) is 3.91. The lowest BCUT2D eigenvalue weighted by atomic mass is 10.2. The fraction of sp³-hybridized carbons (Fsp3) is 0.308. The van der Waals surface area contributed by atoms with Gasteiger partial charge in [0.15, 0.2) is 0 Å². The minimum Gasteiger partial charge on any atom is -0.314 e. The van der Waals surface area contributed by atoms with Crippen molar-refractivity contribution in [3.8, 4) is 0 Å². The third-order valence-electron chi connectivity index (χ3n) is 2.83. The molecule has 5 heteroatoms. The van der Waals surface area contributed by atoms with Crippen LogP contribution in [0.4, 0.5) is 14.9 Å². The molecule has 0 bridgehead atoms. The number of allylic oxidation sites excluding steroid dienone is 1. The minimum atomic E-state index is -0.507. The number of carbonyl (C=O) groups is 1. The van der Waals surface area contributed by atoms with Crippen LogP contribution in [0.5, 0.6) is 0 Å². The Morgan fingerprint density at radius 3 is 2.83 bits per heavy atom. The molecule has 1 saturated carbocycles. The number of amides is 2. The third kappa shape index (κ3) is 3.47. The molecule has 96 valence electrons. The summed E-state index contributed by atoms with van der Waals surface area (Å²) in [7, 11) is 0. The zero-order valence-electron chi connectivity index (χ0n) is 9.97. The highest BCUT2D eigenvalue weighted by atomic mass is 35.5. The second kappa shape index (κ2) is 5.40. The molecule has 18 heavy (non-hydrogen) atoms. The first-order valence-corrected chi connectivity index (χ1v) is 6.13. The fourth-order valence-electron chi connectivity index (χ4n) is 1.58.